The fraction of sp³-hybridized carbons (Fsp3) is 0.650. The molecule has 1 saturated heterocycles. The molecule has 7 heteroatoms. The summed E-state index contributed by atoms with van der Waals surface area (Å²) in [5, 5.41) is 10.5. The molecule has 6 nitrogen and oxygen atoms in total. The smallest absolute Gasteiger partial charge is 0.335 e. The van der Waals surface area contributed by atoms with Gasteiger partial charge in [0.25, 0.3) is 0 Å². The number of esters is 1. The van der Waals surface area contributed by atoms with Gasteiger partial charge in [0.15, 0.2) is 14.4 Å². The number of hydrogen-bond acceptors (Lipinski definition) is 6. The van der Waals surface area contributed by atoms with Gasteiger partial charge in [0.1, 0.15) is 11.5 Å². The van der Waals surface area contributed by atoms with Crippen LogP contribution in [0.4, 0.5) is 0 Å². The number of methoxy groups -OCH3 is 1. The first kappa shape index (κ1) is 21.7. The Morgan fingerprint density at radius 3 is 2.59 bits per heavy atom. The lowest BCUT2D eigenvalue weighted by atomic mass is 10.1. The molecule has 1 aliphatic rings. The summed E-state index contributed by atoms with van der Waals surface area (Å²) in [7, 11) is -0.542. The van der Waals surface area contributed by atoms with E-state index in [9.17, 15) is 9.90 Å². The molecule has 1 heterocycles. The third-order valence-electron chi connectivity index (χ3n) is 5.41. The number of carbonyl (C=O) groups is 1. The van der Waals surface area contributed by atoms with Crippen LogP contribution >= 0.6 is 0 Å². The molecule has 2 atom stereocenters. The number of benzene rings is 1. The molecule has 1 aromatic rings. The van der Waals surface area contributed by atoms with Gasteiger partial charge in [-0.2, -0.15) is 0 Å². The monoisotopic (exact) mass is 396 g/mol. The van der Waals surface area contributed by atoms with E-state index in [0.717, 1.165) is 12.0 Å². The lowest BCUT2D eigenvalue weighted by molar-refractivity contribution is -0.183. The highest BCUT2D eigenvalue weighted by Crippen LogP contribution is 2.38. The molecule has 1 N–H and O–H groups in total. The maximum absolute atomic E-state index is 11.6. The third-order valence-corrected chi connectivity index (χ3v) is 9.88. The van der Waals surface area contributed by atoms with Crippen molar-refractivity contribution < 1.29 is 28.5 Å². The largest absolute Gasteiger partial charge is 0.507 e. The molecule has 0 spiro atoms. The Balaban J connectivity index is 1.97. The highest BCUT2D eigenvalue weighted by molar-refractivity contribution is 6.74. The summed E-state index contributed by atoms with van der Waals surface area (Å²) in [5.41, 5.74) is 0.726. The molecule has 27 heavy (non-hydrogen) atoms. The summed E-state index contributed by atoms with van der Waals surface area (Å²) < 4.78 is 22.3. The zero-order chi connectivity index (χ0) is 20.2. The van der Waals surface area contributed by atoms with Crippen LogP contribution in [0.5, 0.6) is 11.5 Å². The Kier molecular flexibility index (Phi) is 6.94. The van der Waals surface area contributed by atoms with Crippen LogP contribution in [0.3, 0.4) is 0 Å². The molecule has 0 aromatic heterocycles. The van der Waals surface area contributed by atoms with Gasteiger partial charge < -0.3 is 23.7 Å². The van der Waals surface area contributed by atoms with Crippen LogP contribution in [-0.4, -0.2) is 38.9 Å². The fourth-order valence-electron chi connectivity index (χ4n) is 2.55. The second kappa shape index (κ2) is 8.62. The van der Waals surface area contributed by atoms with Crippen molar-refractivity contribution in [2.75, 3.05) is 7.11 Å². The average molecular weight is 397 g/mol. The number of phenols is 1. The van der Waals surface area contributed by atoms with E-state index in [1.54, 1.807) is 18.2 Å². The van der Waals surface area contributed by atoms with E-state index >= 15 is 0 Å². The normalized spacial score (nSPS) is 21.0. The van der Waals surface area contributed by atoms with Crippen molar-refractivity contribution in [3.05, 3.63) is 23.8 Å². The zero-order valence-electron chi connectivity index (χ0n) is 17.2. The number of phenolic OH excluding ortho intramolecular Hbond substituents is 1. The lowest BCUT2D eigenvalue weighted by Crippen LogP contribution is -2.40. The van der Waals surface area contributed by atoms with Crippen molar-refractivity contribution in [1.82, 2.24) is 0 Å². The van der Waals surface area contributed by atoms with E-state index in [0.29, 0.717) is 25.2 Å². The topological polar surface area (TPSA) is 74.2 Å². The van der Waals surface area contributed by atoms with Crippen LogP contribution in [-0.2, 0) is 25.3 Å². The van der Waals surface area contributed by atoms with Crippen LogP contribution in [0.25, 0.3) is 0 Å². The Morgan fingerprint density at radius 2 is 2.00 bits per heavy atom. The Hall–Kier alpha value is -1.57. The van der Waals surface area contributed by atoms with Gasteiger partial charge in [0.05, 0.1) is 13.7 Å². The lowest BCUT2D eigenvalue weighted by Gasteiger charge is -2.36. The summed E-state index contributed by atoms with van der Waals surface area (Å²) in [6.07, 6.45) is 0.997. The van der Waals surface area contributed by atoms with Crippen LogP contribution < -0.4 is 4.74 Å². The minimum Gasteiger partial charge on any atom is -0.507 e. The maximum Gasteiger partial charge on any atom is 0.335 e. The van der Waals surface area contributed by atoms with E-state index in [1.165, 1.54) is 7.11 Å². The number of ether oxygens (including phenoxy) is 3. The molecule has 2 rings (SSSR count). The molecule has 1 fully saturated rings. The van der Waals surface area contributed by atoms with E-state index in [-0.39, 0.29) is 16.8 Å². The Labute approximate surface area is 162 Å². The fourth-order valence-corrected chi connectivity index (χ4v) is 3.50. The van der Waals surface area contributed by atoms with Gasteiger partial charge in [0.2, 0.25) is 6.29 Å². The molecule has 1 aromatic carbocycles. The van der Waals surface area contributed by atoms with Gasteiger partial charge >= 0.3 is 5.97 Å². The molecule has 0 amide bonds. The Bertz CT molecular complexity index is 652. The summed E-state index contributed by atoms with van der Waals surface area (Å²) in [6, 6.07) is 5.16. The minimum absolute atomic E-state index is 0.111. The second-order valence-electron chi connectivity index (χ2n) is 8.47. The number of rotatable bonds is 6. The Morgan fingerprint density at radius 1 is 1.30 bits per heavy atom. The number of hydrogen-bond donors (Lipinski definition) is 1. The summed E-state index contributed by atoms with van der Waals surface area (Å²) >= 11 is 0. The van der Waals surface area contributed by atoms with Crippen molar-refractivity contribution in [1.29, 1.82) is 0 Å². The third kappa shape index (κ3) is 5.70. The summed E-state index contributed by atoms with van der Waals surface area (Å²) in [6.45, 7) is 11.3. The van der Waals surface area contributed by atoms with E-state index in [4.69, 9.17) is 18.6 Å². The predicted molar refractivity (Wildman–Crippen MR) is 105 cm³/mol. The van der Waals surface area contributed by atoms with Crippen molar-refractivity contribution in [2.45, 2.75) is 77.2 Å². The first-order valence-corrected chi connectivity index (χ1v) is 12.3. The quantitative estimate of drug-likeness (QED) is 0.569. The van der Waals surface area contributed by atoms with Crippen molar-refractivity contribution >= 4 is 14.3 Å². The zero-order valence-corrected chi connectivity index (χ0v) is 18.2. The summed E-state index contributed by atoms with van der Waals surface area (Å²) in [4.78, 5) is 11.6. The van der Waals surface area contributed by atoms with Gasteiger partial charge in [-0.25, -0.2) is 4.79 Å². The van der Waals surface area contributed by atoms with E-state index < -0.39 is 20.7 Å². The van der Waals surface area contributed by atoms with Gasteiger partial charge in [-0.15, -0.1) is 0 Å². The summed E-state index contributed by atoms with van der Waals surface area (Å²) in [5.74, 6) is 0.245. The van der Waals surface area contributed by atoms with Crippen LogP contribution in [0.1, 0.15) is 45.6 Å². The number of carbonyl (C=O) groups excluding carboxylic acids is 1. The van der Waals surface area contributed by atoms with Crippen LogP contribution in [0.15, 0.2) is 18.2 Å². The van der Waals surface area contributed by atoms with Crippen molar-refractivity contribution in [2.24, 2.45) is 0 Å². The standard InChI is InChI=1S/C20H32O6Si/c1-20(2,3)27(5,6)24-13-14-10-11-15(12-16(14)21)25-18-9-7-8-17(26-18)19(22)23-4/h10-12,17-18,21H,7-9,13H2,1-6H3/t17-,18+/m0/s1. The average Bonchev–Trinajstić information content (AvgIpc) is 2.59. The van der Waals surface area contributed by atoms with Gasteiger partial charge in [-0.1, -0.05) is 20.8 Å². The van der Waals surface area contributed by atoms with Gasteiger partial charge in [-0.05, 0) is 43.1 Å². The molecular formula is C20H32O6Si. The minimum atomic E-state index is -1.89. The van der Waals surface area contributed by atoms with Gasteiger partial charge in [-0.3, -0.25) is 0 Å². The molecular weight excluding hydrogens is 364 g/mol. The molecule has 0 aliphatic carbocycles. The van der Waals surface area contributed by atoms with Crippen LogP contribution in [0.2, 0.25) is 18.1 Å². The first-order chi connectivity index (χ1) is 12.5. The number of aromatic hydroxyl groups is 1. The highest BCUT2D eigenvalue weighted by Gasteiger charge is 2.37. The SMILES string of the molecule is COC(=O)[C@@H]1CCC[C@H](Oc2ccc(CO[Si](C)(C)C(C)(C)C)c(O)c2)O1. The highest BCUT2D eigenvalue weighted by atomic mass is 28.4. The van der Waals surface area contributed by atoms with Crippen molar-refractivity contribution in [3.8, 4) is 11.5 Å². The molecule has 152 valence electrons. The van der Waals surface area contributed by atoms with Crippen LogP contribution in [0, 0.1) is 0 Å². The maximum atomic E-state index is 11.6. The molecule has 0 bridgehead atoms. The molecule has 0 unspecified atom stereocenters. The molecule has 0 saturated carbocycles. The molecule has 1 aliphatic heterocycles. The van der Waals surface area contributed by atoms with Crippen molar-refractivity contribution in [3.63, 3.8) is 0 Å². The second-order valence-corrected chi connectivity index (χ2v) is 13.3. The first-order valence-electron chi connectivity index (χ1n) is 9.39. The van der Waals surface area contributed by atoms with E-state index in [2.05, 4.69) is 33.9 Å². The molecule has 0 radical (unpaired) electrons. The predicted octanol–water partition coefficient (Wildman–Crippen LogP) is 4.36. The van der Waals surface area contributed by atoms with Gasteiger partial charge in [0, 0.05) is 18.1 Å². The van der Waals surface area contributed by atoms with E-state index in [1.807, 2.05) is 0 Å².